The lowest BCUT2D eigenvalue weighted by molar-refractivity contribution is 0.0765. The van der Waals surface area contributed by atoms with Gasteiger partial charge in [0.1, 0.15) is 0 Å². The van der Waals surface area contributed by atoms with E-state index in [-0.39, 0.29) is 5.91 Å². The number of fused-ring (bicyclic) bond motifs is 2. The fourth-order valence-electron chi connectivity index (χ4n) is 5.31. The average Bonchev–Trinajstić information content (AvgIpc) is 3.05. The smallest absolute Gasteiger partial charge is 0.254 e. The summed E-state index contributed by atoms with van der Waals surface area (Å²) in [5.74, 6) is 0.920. The van der Waals surface area contributed by atoms with Crippen LogP contribution in [0, 0.1) is 0 Å². The van der Waals surface area contributed by atoms with E-state index in [0.717, 1.165) is 73.2 Å². The van der Waals surface area contributed by atoms with Gasteiger partial charge in [0.05, 0.1) is 16.8 Å². The molecule has 2 aliphatic heterocycles. The SMILES string of the molecule is O=C(c1ccnc2ccccc12)N1CCc2cnc(N3CCN(C4CCC4)CC3)nc2CC1. The van der Waals surface area contributed by atoms with Gasteiger partial charge in [-0.3, -0.25) is 14.7 Å². The Hall–Kier alpha value is -3.06. The van der Waals surface area contributed by atoms with Crippen molar-refractivity contribution >= 4 is 22.8 Å². The van der Waals surface area contributed by atoms with E-state index in [0.29, 0.717) is 13.1 Å². The molecule has 0 N–H and O–H groups in total. The Morgan fingerprint density at radius 1 is 0.909 bits per heavy atom. The molecule has 1 aliphatic carbocycles. The van der Waals surface area contributed by atoms with Crippen LogP contribution in [0.2, 0.25) is 0 Å². The quantitative estimate of drug-likeness (QED) is 0.622. The molecule has 3 aromatic rings. The van der Waals surface area contributed by atoms with E-state index < -0.39 is 0 Å². The molecule has 1 saturated heterocycles. The zero-order valence-corrected chi connectivity index (χ0v) is 19.0. The van der Waals surface area contributed by atoms with Gasteiger partial charge in [-0.1, -0.05) is 24.6 Å². The first-order valence-corrected chi connectivity index (χ1v) is 12.2. The number of hydrogen-bond acceptors (Lipinski definition) is 6. The Bertz CT molecular complexity index is 1160. The van der Waals surface area contributed by atoms with Crippen molar-refractivity contribution in [3.05, 3.63) is 59.5 Å². The van der Waals surface area contributed by atoms with Crippen LogP contribution in [-0.4, -0.2) is 76.0 Å². The number of anilines is 1. The van der Waals surface area contributed by atoms with Crippen molar-refractivity contribution in [3.63, 3.8) is 0 Å². The van der Waals surface area contributed by atoms with Crippen molar-refractivity contribution in [2.45, 2.75) is 38.1 Å². The third kappa shape index (κ3) is 3.95. The molecule has 0 atom stereocenters. The maximum absolute atomic E-state index is 13.4. The summed E-state index contributed by atoms with van der Waals surface area (Å²) in [4.78, 5) is 34.4. The van der Waals surface area contributed by atoms with Crippen molar-refractivity contribution in [1.82, 2.24) is 24.8 Å². The Morgan fingerprint density at radius 2 is 1.73 bits per heavy atom. The van der Waals surface area contributed by atoms with Crippen LogP contribution in [-0.2, 0) is 12.8 Å². The number of amides is 1. The first-order valence-electron chi connectivity index (χ1n) is 12.2. The summed E-state index contributed by atoms with van der Waals surface area (Å²) >= 11 is 0. The molecule has 33 heavy (non-hydrogen) atoms. The maximum atomic E-state index is 13.4. The highest BCUT2D eigenvalue weighted by Crippen LogP contribution is 2.27. The van der Waals surface area contributed by atoms with Crippen molar-refractivity contribution in [3.8, 4) is 0 Å². The van der Waals surface area contributed by atoms with E-state index in [4.69, 9.17) is 9.97 Å². The molecule has 170 valence electrons. The molecule has 7 nitrogen and oxygen atoms in total. The van der Waals surface area contributed by atoms with Gasteiger partial charge < -0.3 is 9.80 Å². The van der Waals surface area contributed by atoms with Gasteiger partial charge in [-0.2, -0.15) is 0 Å². The molecular weight excluding hydrogens is 412 g/mol. The summed E-state index contributed by atoms with van der Waals surface area (Å²) in [6.07, 6.45) is 9.38. The van der Waals surface area contributed by atoms with E-state index in [1.165, 1.54) is 24.8 Å². The Labute approximate surface area is 194 Å². The van der Waals surface area contributed by atoms with E-state index in [1.54, 1.807) is 6.20 Å². The number of benzene rings is 1. The Balaban J connectivity index is 1.15. The Morgan fingerprint density at radius 3 is 2.55 bits per heavy atom. The van der Waals surface area contributed by atoms with Gasteiger partial charge in [-0.05, 0) is 37.0 Å². The van der Waals surface area contributed by atoms with E-state index >= 15 is 0 Å². The van der Waals surface area contributed by atoms with Crippen LogP contribution in [0.15, 0.2) is 42.7 Å². The topological polar surface area (TPSA) is 65.5 Å². The summed E-state index contributed by atoms with van der Waals surface area (Å²) < 4.78 is 0. The zero-order chi connectivity index (χ0) is 22.2. The van der Waals surface area contributed by atoms with Crippen LogP contribution in [0.1, 0.15) is 40.9 Å². The predicted octanol–water partition coefficient (Wildman–Crippen LogP) is 2.94. The number of carbonyl (C=O) groups excluding carboxylic acids is 1. The van der Waals surface area contributed by atoms with Crippen molar-refractivity contribution in [1.29, 1.82) is 0 Å². The zero-order valence-electron chi connectivity index (χ0n) is 19.0. The van der Waals surface area contributed by atoms with Crippen molar-refractivity contribution in [2.75, 3.05) is 44.2 Å². The fraction of sp³-hybridized carbons (Fsp3) is 0.462. The lowest BCUT2D eigenvalue weighted by atomic mass is 9.91. The molecule has 1 saturated carbocycles. The van der Waals surface area contributed by atoms with E-state index in [9.17, 15) is 4.79 Å². The van der Waals surface area contributed by atoms with Gasteiger partial charge in [-0.15, -0.1) is 0 Å². The second-order valence-electron chi connectivity index (χ2n) is 9.42. The molecule has 6 rings (SSSR count). The number of piperazine rings is 1. The summed E-state index contributed by atoms with van der Waals surface area (Å²) in [5.41, 5.74) is 3.84. The standard InChI is InChI=1S/C26H30N6O/c33-25(22-8-11-27-24-7-2-1-6-21(22)24)31-12-9-19-18-28-26(29-23(19)10-13-31)32-16-14-30(15-17-32)20-4-3-5-20/h1-2,6-8,11,18,20H,3-5,9-10,12-17H2. The third-order valence-corrected chi connectivity index (χ3v) is 7.57. The molecule has 2 fully saturated rings. The fourth-order valence-corrected chi connectivity index (χ4v) is 5.31. The molecule has 0 unspecified atom stereocenters. The number of nitrogens with zero attached hydrogens (tertiary/aromatic N) is 6. The first kappa shape index (κ1) is 20.5. The molecule has 0 bridgehead atoms. The summed E-state index contributed by atoms with van der Waals surface area (Å²) in [6, 6.07) is 10.5. The molecular formula is C26H30N6O. The van der Waals surface area contributed by atoms with Crippen LogP contribution in [0.4, 0.5) is 5.95 Å². The number of pyridine rings is 1. The van der Waals surface area contributed by atoms with Gasteiger partial charge in [0.25, 0.3) is 5.91 Å². The lowest BCUT2D eigenvalue weighted by Gasteiger charge is -2.43. The largest absolute Gasteiger partial charge is 0.338 e. The normalized spacial score (nSPS) is 19.8. The highest BCUT2D eigenvalue weighted by molar-refractivity contribution is 6.06. The summed E-state index contributed by atoms with van der Waals surface area (Å²) in [7, 11) is 0. The molecule has 1 amide bonds. The predicted molar refractivity (Wildman–Crippen MR) is 129 cm³/mol. The van der Waals surface area contributed by atoms with Crippen molar-refractivity contribution in [2.24, 2.45) is 0 Å². The van der Waals surface area contributed by atoms with Crippen LogP contribution in [0.5, 0.6) is 0 Å². The lowest BCUT2D eigenvalue weighted by Crippen LogP contribution is -2.52. The molecule has 0 spiro atoms. The summed E-state index contributed by atoms with van der Waals surface area (Å²) in [5, 5.41) is 0.912. The monoisotopic (exact) mass is 442 g/mol. The van der Waals surface area contributed by atoms with E-state index in [1.807, 2.05) is 41.4 Å². The molecule has 7 heteroatoms. The van der Waals surface area contributed by atoms with Gasteiger partial charge in [0.2, 0.25) is 5.95 Å². The van der Waals surface area contributed by atoms with Crippen LogP contribution < -0.4 is 4.90 Å². The van der Waals surface area contributed by atoms with Gasteiger partial charge in [0, 0.05) is 69.5 Å². The van der Waals surface area contributed by atoms with Crippen LogP contribution in [0.25, 0.3) is 10.9 Å². The minimum Gasteiger partial charge on any atom is -0.338 e. The third-order valence-electron chi connectivity index (χ3n) is 7.57. The number of para-hydroxylation sites is 1. The molecule has 1 aromatic carbocycles. The Kier molecular flexibility index (Phi) is 5.42. The van der Waals surface area contributed by atoms with Gasteiger partial charge >= 0.3 is 0 Å². The van der Waals surface area contributed by atoms with Crippen LogP contribution >= 0.6 is 0 Å². The molecule has 3 aliphatic rings. The summed E-state index contributed by atoms with van der Waals surface area (Å²) in [6.45, 7) is 5.56. The number of carbonyl (C=O) groups is 1. The second kappa shape index (κ2) is 8.71. The number of aromatic nitrogens is 3. The van der Waals surface area contributed by atoms with Gasteiger partial charge in [-0.25, -0.2) is 9.97 Å². The van der Waals surface area contributed by atoms with Gasteiger partial charge in [0.15, 0.2) is 0 Å². The second-order valence-corrected chi connectivity index (χ2v) is 9.42. The number of rotatable bonds is 3. The molecule has 2 aromatic heterocycles. The first-order chi connectivity index (χ1) is 16.3. The van der Waals surface area contributed by atoms with Crippen LogP contribution in [0.3, 0.4) is 0 Å². The highest BCUT2D eigenvalue weighted by atomic mass is 16.2. The minimum absolute atomic E-state index is 0.0710. The molecule has 4 heterocycles. The minimum atomic E-state index is 0.0710. The van der Waals surface area contributed by atoms with E-state index in [2.05, 4.69) is 14.8 Å². The maximum Gasteiger partial charge on any atom is 0.254 e. The average molecular weight is 443 g/mol. The molecule has 0 radical (unpaired) electrons. The van der Waals surface area contributed by atoms with Crippen molar-refractivity contribution < 1.29 is 4.79 Å². The number of hydrogen-bond donors (Lipinski definition) is 0. The highest BCUT2D eigenvalue weighted by Gasteiger charge is 2.29.